The standard InChI is InChI=1S/C19H24N4O3S/c1-15-3-4-17(27(25,26)20-2)13-18(15)19(24)23-11-9-22(10-12-23)14-16-5-7-21-8-6-16/h3-8,13,20H,9-12,14H2,1-2H3. The number of piperazine rings is 1. The molecule has 1 aromatic heterocycles. The lowest BCUT2D eigenvalue weighted by Gasteiger charge is -2.35. The van der Waals surface area contributed by atoms with Gasteiger partial charge in [0.15, 0.2) is 0 Å². The number of rotatable bonds is 5. The monoisotopic (exact) mass is 388 g/mol. The number of nitrogens with one attached hydrogen (secondary N) is 1. The van der Waals surface area contributed by atoms with Crippen molar-refractivity contribution in [2.24, 2.45) is 0 Å². The average molecular weight is 388 g/mol. The van der Waals surface area contributed by atoms with E-state index in [1.54, 1.807) is 23.4 Å². The Labute approximate surface area is 160 Å². The first-order valence-corrected chi connectivity index (χ1v) is 10.3. The van der Waals surface area contributed by atoms with Crippen LogP contribution >= 0.6 is 0 Å². The third kappa shape index (κ3) is 4.52. The SMILES string of the molecule is CNS(=O)(=O)c1ccc(C)c(C(=O)N2CCN(Cc3ccncc3)CC2)c1. The van der Waals surface area contributed by atoms with Gasteiger partial charge in [0.2, 0.25) is 10.0 Å². The molecule has 144 valence electrons. The highest BCUT2D eigenvalue weighted by Gasteiger charge is 2.24. The summed E-state index contributed by atoms with van der Waals surface area (Å²) < 4.78 is 26.4. The second kappa shape index (κ2) is 8.16. The summed E-state index contributed by atoms with van der Waals surface area (Å²) in [6.07, 6.45) is 3.56. The smallest absolute Gasteiger partial charge is 0.254 e. The van der Waals surface area contributed by atoms with Crippen LogP contribution in [0.2, 0.25) is 0 Å². The molecule has 1 aliphatic rings. The van der Waals surface area contributed by atoms with Crippen molar-refractivity contribution >= 4 is 15.9 Å². The molecular formula is C19H24N4O3S. The van der Waals surface area contributed by atoms with Crippen molar-refractivity contribution in [1.29, 1.82) is 0 Å². The number of carbonyl (C=O) groups excluding carboxylic acids is 1. The fourth-order valence-electron chi connectivity index (χ4n) is 3.14. The second-order valence-corrected chi connectivity index (χ2v) is 8.49. The number of carbonyl (C=O) groups is 1. The molecule has 1 amide bonds. The normalized spacial score (nSPS) is 15.7. The Morgan fingerprint density at radius 3 is 2.41 bits per heavy atom. The molecule has 7 nitrogen and oxygen atoms in total. The molecule has 1 saturated heterocycles. The Balaban J connectivity index is 1.68. The molecule has 1 aliphatic heterocycles. The Morgan fingerprint density at radius 2 is 1.78 bits per heavy atom. The predicted octanol–water partition coefficient (Wildman–Crippen LogP) is 1.26. The summed E-state index contributed by atoms with van der Waals surface area (Å²) >= 11 is 0. The molecule has 1 aromatic carbocycles. The lowest BCUT2D eigenvalue weighted by Crippen LogP contribution is -2.48. The lowest BCUT2D eigenvalue weighted by molar-refractivity contribution is 0.0627. The topological polar surface area (TPSA) is 82.6 Å². The van der Waals surface area contributed by atoms with Crippen LogP contribution in [0.25, 0.3) is 0 Å². The van der Waals surface area contributed by atoms with E-state index in [9.17, 15) is 13.2 Å². The van der Waals surface area contributed by atoms with Gasteiger partial charge in [0.25, 0.3) is 5.91 Å². The van der Waals surface area contributed by atoms with E-state index < -0.39 is 10.0 Å². The number of aromatic nitrogens is 1. The van der Waals surface area contributed by atoms with Gasteiger partial charge in [0.05, 0.1) is 4.90 Å². The van der Waals surface area contributed by atoms with Gasteiger partial charge < -0.3 is 4.90 Å². The van der Waals surface area contributed by atoms with Gasteiger partial charge in [-0.1, -0.05) is 6.07 Å². The molecule has 0 radical (unpaired) electrons. The van der Waals surface area contributed by atoms with Crippen LogP contribution in [-0.2, 0) is 16.6 Å². The van der Waals surface area contributed by atoms with Gasteiger partial charge in [-0.2, -0.15) is 0 Å². The predicted molar refractivity (Wildman–Crippen MR) is 103 cm³/mol. The van der Waals surface area contributed by atoms with Crippen LogP contribution in [0.4, 0.5) is 0 Å². The van der Waals surface area contributed by atoms with Gasteiger partial charge in [-0.05, 0) is 49.4 Å². The molecule has 0 atom stereocenters. The van der Waals surface area contributed by atoms with Crippen LogP contribution < -0.4 is 4.72 Å². The van der Waals surface area contributed by atoms with Crippen molar-refractivity contribution in [3.05, 3.63) is 59.4 Å². The molecule has 8 heteroatoms. The molecule has 0 aliphatic carbocycles. The van der Waals surface area contributed by atoms with E-state index in [4.69, 9.17) is 0 Å². The van der Waals surface area contributed by atoms with Crippen molar-refractivity contribution in [3.8, 4) is 0 Å². The Morgan fingerprint density at radius 1 is 1.11 bits per heavy atom. The number of benzene rings is 1. The highest BCUT2D eigenvalue weighted by Crippen LogP contribution is 2.18. The summed E-state index contributed by atoms with van der Waals surface area (Å²) in [6, 6.07) is 8.65. The number of aryl methyl sites for hydroxylation is 1. The number of nitrogens with zero attached hydrogens (tertiary/aromatic N) is 3. The maximum absolute atomic E-state index is 12.9. The number of hydrogen-bond donors (Lipinski definition) is 1. The summed E-state index contributed by atoms with van der Waals surface area (Å²) in [5.41, 5.74) is 2.41. The summed E-state index contributed by atoms with van der Waals surface area (Å²) in [4.78, 5) is 21.2. The van der Waals surface area contributed by atoms with Gasteiger partial charge in [0, 0.05) is 50.7 Å². The Bertz CT molecular complexity index is 908. The number of pyridine rings is 1. The Kier molecular flexibility index (Phi) is 5.88. The summed E-state index contributed by atoms with van der Waals surface area (Å²) in [7, 11) is -2.22. The molecule has 1 fully saturated rings. The number of amides is 1. The molecule has 1 N–H and O–H groups in total. The molecule has 3 rings (SSSR count). The minimum Gasteiger partial charge on any atom is -0.336 e. The van der Waals surface area contributed by atoms with Gasteiger partial charge in [-0.3, -0.25) is 14.7 Å². The first kappa shape index (κ1) is 19.5. The number of hydrogen-bond acceptors (Lipinski definition) is 5. The maximum Gasteiger partial charge on any atom is 0.254 e. The molecule has 27 heavy (non-hydrogen) atoms. The summed E-state index contributed by atoms with van der Waals surface area (Å²) in [5.74, 6) is -0.121. The van der Waals surface area contributed by atoms with Crippen LogP contribution in [0.1, 0.15) is 21.5 Å². The van der Waals surface area contributed by atoms with Crippen LogP contribution in [0.5, 0.6) is 0 Å². The van der Waals surface area contributed by atoms with Crippen molar-refractivity contribution in [2.45, 2.75) is 18.4 Å². The van der Waals surface area contributed by atoms with E-state index >= 15 is 0 Å². The van der Waals surface area contributed by atoms with Crippen LogP contribution in [0.3, 0.4) is 0 Å². The fourth-order valence-corrected chi connectivity index (χ4v) is 3.90. The van der Waals surface area contributed by atoms with Crippen LogP contribution in [-0.4, -0.2) is 62.3 Å². The second-order valence-electron chi connectivity index (χ2n) is 6.61. The van der Waals surface area contributed by atoms with Crippen molar-refractivity contribution < 1.29 is 13.2 Å². The van der Waals surface area contributed by atoms with Crippen molar-refractivity contribution in [1.82, 2.24) is 19.5 Å². The lowest BCUT2D eigenvalue weighted by atomic mass is 10.1. The van der Waals surface area contributed by atoms with E-state index in [0.29, 0.717) is 18.7 Å². The average Bonchev–Trinajstić information content (AvgIpc) is 2.69. The van der Waals surface area contributed by atoms with Gasteiger partial charge in [-0.15, -0.1) is 0 Å². The minimum absolute atomic E-state index is 0.107. The fraction of sp³-hybridized carbons (Fsp3) is 0.368. The zero-order valence-electron chi connectivity index (χ0n) is 15.6. The molecule has 0 bridgehead atoms. The zero-order chi connectivity index (χ0) is 19.4. The zero-order valence-corrected chi connectivity index (χ0v) is 16.4. The Hall–Kier alpha value is -2.29. The van der Waals surface area contributed by atoms with E-state index in [2.05, 4.69) is 14.6 Å². The minimum atomic E-state index is -3.58. The highest BCUT2D eigenvalue weighted by molar-refractivity contribution is 7.89. The van der Waals surface area contributed by atoms with E-state index in [1.165, 1.54) is 24.7 Å². The third-order valence-corrected chi connectivity index (χ3v) is 6.25. The van der Waals surface area contributed by atoms with Gasteiger partial charge in [-0.25, -0.2) is 13.1 Å². The van der Waals surface area contributed by atoms with Crippen molar-refractivity contribution in [3.63, 3.8) is 0 Å². The molecule has 2 heterocycles. The van der Waals surface area contributed by atoms with Gasteiger partial charge >= 0.3 is 0 Å². The molecule has 0 spiro atoms. The molecule has 0 unspecified atom stereocenters. The molecular weight excluding hydrogens is 364 g/mol. The quantitative estimate of drug-likeness (QED) is 0.834. The highest BCUT2D eigenvalue weighted by atomic mass is 32.2. The third-order valence-electron chi connectivity index (χ3n) is 4.83. The summed E-state index contributed by atoms with van der Waals surface area (Å²) in [6.45, 7) is 5.45. The first-order chi connectivity index (χ1) is 12.9. The van der Waals surface area contributed by atoms with E-state index in [1.807, 2.05) is 19.1 Å². The van der Waals surface area contributed by atoms with Gasteiger partial charge in [0.1, 0.15) is 0 Å². The van der Waals surface area contributed by atoms with E-state index in [-0.39, 0.29) is 10.8 Å². The van der Waals surface area contributed by atoms with E-state index in [0.717, 1.165) is 25.2 Å². The van der Waals surface area contributed by atoms with Crippen LogP contribution in [0, 0.1) is 6.92 Å². The number of sulfonamides is 1. The molecule has 0 saturated carbocycles. The van der Waals surface area contributed by atoms with Crippen molar-refractivity contribution in [2.75, 3.05) is 33.2 Å². The largest absolute Gasteiger partial charge is 0.336 e. The summed E-state index contributed by atoms with van der Waals surface area (Å²) in [5, 5.41) is 0. The molecule has 2 aromatic rings. The first-order valence-electron chi connectivity index (χ1n) is 8.85. The maximum atomic E-state index is 12.9. The van der Waals surface area contributed by atoms with Crippen LogP contribution in [0.15, 0.2) is 47.6 Å².